The number of rotatable bonds is 0. The molecule has 2 nitrogen and oxygen atoms in total. The molecule has 0 N–H and O–H groups in total. The quantitative estimate of drug-likeness (QED) is 0.661. The average molecular weight is 212 g/mol. The van der Waals surface area contributed by atoms with Crippen LogP contribution in [0.4, 0.5) is 0 Å². The minimum absolute atomic E-state index is 0. The van der Waals surface area contributed by atoms with Gasteiger partial charge in [-0.25, -0.2) is 0 Å². The van der Waals surface area contributed by atoms with Crippen molar-refractivity contribution in [2.75, 3.05) is 0 Å². The number of Topliss-reactive ketones (excluding diaryl/α,β-unsaturated/α-hetero) is 1. The maximum absolute atomic E-state index is 11.5. The van der Waals surface area contributed by atoms with Crippen LogP contribution in [0.5, 0.6) is 0 Å². The molecule has 1 aromatic heterocycles. The van der Waals surface area contributed by atoms with E-state index >= 15 is 0 Å². The number of aromatic nitrogens is 1. The van der Waals surface area contributed by atoms with Crippen LogP contribution in [0.2, 0.25) is 0 Å². The van der Waals surface area contributed by atoms with Crippen LogP contribution < -0.4 is 0 Å². The lowest BCUT2D eigenvalue weighted by molar-refractivity contribution is 0.0955. The van der Waals surface area contributed by atoms with Gasteiger partial charge in [0, 0.05) is 23.6 Å². The zero-order valence-corrected chi connectivity index (χ0v) is 9.23. The third-order valence-electron chi connectivity index (χ3n) is 2.73. The average Bonchev–Trinajstić information content (AvgIpc) is 2.13. The van der Waals surface area contributed by atoms with E-state index in [2.05, 4.69) is 18.8 Å². The Hall–Kier alpha value is -0.890. The van der Waals surface area contributed by atoms with E-state index in [-0.39, 0.29) is 23.6 Å². The lowest BCUT2D eigenvalue weighted by atomic mass is 9.75. The first-order valence-corrected chi connectivity index (χ1v) is 4.60. The maximum atomic E-state index is 11.5. The van der Waals surface area contributed by atoms with E-state index in [4.69, 9.17) is 0 Å². The van der Waals surface area contributed by atoms with Gasteiger partial charge in [-0.2, -0.15) is 0 Å². The smallest absolute Gasteiger partial charge is 0.164 e. The molecular weight excluding hydrogens is 198 g/mol. The number of fused-ring (bicyclic) bond motifs is 1. The van der Waals surface area contributed by atoms with Crippen LogP contribution in [0, 0.1) is 0 Å². The van der Waals surface area contributed by atoms with E-state index in [9.17, 15) is 4.79 Å². The fourth-order valence-corrected chi connectivity index (χ4v) is 1.85. The number of nitrogens with zero attached hydrogens (tertiary/aromatic N) is 1. The standard InChI is InChI=1S/C11H13NO.ClH/c1-11(2)6-5-9(13)8-4-3-7-12-10(8)11;/h3-4,7H,5-6H2,1-2H3;1H. The molecule has 0 unspecified atom stereocenters. The second-order valence-electron chi connectivity index (χ2n) is 4.21. The summed E-state index contributed by atoms with van der Waals surface area (Å²) < 4.78 is 0. The summed E-state index contributed by atoms with van der Waals surface area (Å²) in [6, 6.07) is 3.71. The molecule has 14 heavy (non-hydrogen) atoms. The number of hydrogen-bond donors (Lipinski definition) is 0. The number of hydrogen-bond acceptors (Lipinski definition) is 2. The van der Waals surface area contributed by atoms with Crippen molar-refractivity contribution in [2.45, 2.75) is 32.1 Å². The maximum Gasteiger partial charge on any atom is 0.164 e. The molecule has 3 heteroatoms. The highest BCUT2D eigenvalue weighted by Gasteiger charge is 2.32. The topological polar surface area (TPSA) is 30.0 Å². The van der Waals surface area contributed by atoms with Gasteiger partial charge in [-0.3, -0.25) is 9.78 Å². The van der Waals surface area contributed by atoms with Crippen molar-refractivity contribution in [3.8, 4) is 0 Å². The molecule has 0 amide bonds. The summed E-state index contributed by atoms with van der Waals surface area (Å²) in [7, 11) is 0. The van der Waals surface area contributed by atoms with E-state index < -0.39 is 0 Å². The van der Waals surface area contributed by atoms with Crippen LogP contribution in [-0.2, 0) is 5.41 Å². The van der Waals surface area contributed by atoms with Crippen molar-refractivity contribution in [3.05, 3.63) is 29.6 Å². The van der Waals surface area contributed by atoms with Crippen molar-refractivity contribution < 1.29 is 4.79 Å². The summed E-state index contributed by atoms with van der Waals surface area (Å²) in [5, 5.41) is 0. The highest BCUT2D eigenvalue weighted by atomic mass is 35.5. The second-order valence-corrected chi connectivity index (χ2v) is 4.21. The fraction of sp³-hybridized carbons (Fsp3) is 0.455. The largest absolute Gasteiger partial charge is 0.294 e. The molecule has 1 heterocycles. The minimum atomic E-state index is 0. The van der Waals surface area contributed by atoms with Crippen molar-refractivity contribution in [3.63, 3.8) is 0 Å². The Morgan fingerprint density at radius 2 is 2.14 bits per heavy atom. The molecule has 1 aliphatic carbocycles. The molecule has 76 valence electrons. The van der Waals surface area contributed by atoms with E-state index in [1.165, 1.54) is 0 Å². The Labute approximate surface area is 90.1 Å². The number of ketones is 1. The van der Waals surface area contributed by atoms with E-state index in [1.807, 2.05) is 12.1 Å². The van der Waals surface area contributed by atoms with E-state index in [1.54, 1.807) is 6.20 Å². The summed E-state index contributed by atoms with van der Waals surface area (Å²) in [5.74, 6) is 0.238. The predicted octanol–water partition coefficient (Wildman–Crippen LogP) is 2.76. The van der Waals surface area contributed by atoms with Crippen LogP contribution in [0.15, 0.2) is 18.3 Å². The van der Waals surface area contributed by atoms with Crippen molar-refractivity contribution in [1.29, 1.82) is 0 Å². The molecule has 0 atom stereocenters. The van der Waals surface area contributed by atoms with Crippen LogP contribution in [0.25, 0.3) is 0 Å². The summed E-state index contributed by atoms with van der Waals surface area (Å²) in [6.07, 6.45) is 3.33. The van der Waals surface area contributed by atoms with Gasteiger partial charge in [-0.15, -0.1) is 12.4 Å². The molecule has 0 aromatic carbocycles. The van der Waals surface area contributed by atoms with Gasteiger partial charge in [0.15, 0.2) is 5.78 Å². The number of carbonyl (C=O) groups is 1. The molecule has 0 aliphatic heterocycles. The molecule has 0 bridgehead atoms. The van der Waals surface area contributed by atoms with Crippen molar-refractivity contribution in [2.24, 2.45) is 0 Å². The highest BCUT2D eigenvalue weighted by Crippen LogP contribution is 2.34. The Balaban J connectivity index is 0.000000980. The predicted molar refractivity (Wildman–Crippen MR) is 58.1 cm³/mol. The van der Waals surface area contributed by atoms with Gasteiger partial charge in [0.2, 0.25) is 0 Å². The minimum Gasteiger partial charge on any atom is -0.294 e. The van der Waals surface area contributed by atoms with Gasteiger partial charge in [0.25, 0.3) is 0 Å². The van der Waals surface area contributed by atoms with Crippen LogP contribution >= 0.6 is 12.4 Å². The summed E-state index contributed by atoms with van der Waals surface area (Å²) in [4.78, 5) is 15.8. The van der Waals surface area contributed by atoms with Gasteiger partial charge in [-0.05, 0) is 18.6 Å². The Bertz CT molecular complexity index is 360. The van der Waals surface area contributed by atoms with Crippen LogP contribution in [0.1, 0.15) is 42.7 Å². The molecular formula is C11H14ClNO. The molecule has 1 aromatic rings. The molecule has 0 spiro atoms. The van der Waals surface area contributed by atoms with E-state index in [0.717, 1.165) is 17.7 Å². The lowest BCUT2D eigenvalue weighted by Gasteiger charge is -2.29. The SMILES string of the molecule is CC1(C)CCC(=O)c2cccnc21.Cl. The number of halogens is 1. The summed E-state index contributed by atoms with van der Waals surface area (Å²) in [6.45, 7) is 4.29. The van der Waals surface area contributed by atoms with Crippen molar-refractivity contribution in [1.82, 2.24) is 4.98 Å². The third kappa shape index (κ3) is 1.67. The Morgan fingerprint density at radius 1 is 1.43 bits per heavy atom. The first-order chi connectivity index (χ1) is 6.11. The number of carbonyl (C=O) groups excluding carboxylic acids is 1. The monoisotopic (exact) mass is 211 g/mol. The molecule has 2 rings (SSSR count). The van der Waals surface area contributed by atoms with Gasteiger partial charge >= 0.3 is 0 Å². The molecule has 0 saturated carbocycles. The highest BCUT2D eigenvalue weighted by molar-refractivity contribution is 5.98. The molecule has 1 aliphatic rings. The van der Waals surface area contributed by atoms with Crippen LogP contribution in [-0.4, -0.2) is 10.8 Å². The first kappa shape index (κ1) is 11.2. The Morgan fingerprint density at radius 3 is 2.79 bits per heavy atom. The lowest BCUT2D eigenvalue weighted by Crippen LogP contribution is -2.28. The first-order valence-electron chi connectivity index (χ1n) is 4.60. The summed E-state index contributed by atoms with van der Waals surface area (Å²) in [5.41, 5.74) is 1.84. The van der Waals surface area contributed by atoms with E-state index in [0.29, 0.717) is 6.42 Å². The van der Waals surface area contributed by atoms with Gasteiger partial charge in [-0.1, -0.05) is 13.8 Å². The van der Waals surface area contributed by atoms with Crippen molar-refractivity contribution >= 4 is 18.2 Å². The van der Waals surface area contributed by atoms with Gasteiger partial charge in [0.1, 0.15) is 0 Å². The molecule has 0 radical (unpaired) electrons. The zero-order valence-electron chi connectivity index (χ0n) is 8.41. The van der Waals surface area contributed by atoms with Gasteiger partial charge < -0.3 is 0 Å². The molecule has 0 fully saturated rings. The number of pyridine rings is 1. The van der Waals surface area contributed by atoms with Crippen LogP contribution in [0.3, 0.4) is 0 Å². The zero-order chi connectivity index (χ0) is 9.47. The fourth-order valence-electron chi connectivity index (χ4n) is 1.85. The third-order valence-corrected chi connectivity index (χ3v) is 2.73. The molecule has 0 saturated heterocycles. The van der Waals surface area contributed by atoms with Gasteiger partial charge in [0.05, 0.1) is 5.69 Å². The normalized spacial score (nSPS) is 18.3. The summed E-state index contributed by atoms with van der Waals surface area (Å²) >= 11 is 0. The Kier molecular flexibility index (Phi) is 2.95. The second kappa shape index (κ2) is 3.70.